The maximum absolute atomic E-state index is 13.8. The average Bonchev–Trinajstić information content (AvgIpc) is 3.00. The van der Waals surface area contributed by atoms with Crippen LogP contribution in [-0.2, 0) is 6.54 Å². The summed E-state index contributed by atoms with van der Waals surface area (Å²) in [5.74, 6) is -0.354. The molecule has 0 bridgehead atoms. The van der Waals surface area contributed by atoms with Crippen LogP contribution in [-0.4, -0.2) is 34.1 Å². The molecule has 0 spiro atoms. The first-order valence-corrected chi connectivity index (χ1v) is 7.57. The van der Waals surface area contributed by atoms with Gasteiger partial charge in [0.2, 0.25) is 0 Å². The molecule has 8 heteroatoms. The number of alkyl halides is 1. The van der Waals surface area contributed by atoms with Gasteiger partial charge < -0.3 is 16.8 Å². The van der Waals surface area contributed by atoms with E-state index in [1.165, 1.54) is 17.9 Å². The Morgan fingerprint density at radius 3 is 2.65 bits per heavy atom. The molecule has 1 amide bonds. The van der Waals surface area contributed by atoms with Gasteiger partial charge in [0.15, 0.2) is 5.69 Å². The van der Waals surface area contributed by atoms with Crippen LogP contribution in [0.25, 0.3) is 0 Å². The van der Waals surface area contributed by atoms with Crippen molar-refractivity contribution in [3.63, 3.8) is 0 Å². The van der Waals surface area contributed by atoms with Crippen LogP contribution in [0.4, 0.5) is 4.39 Å². The Morgan fingerprint density at radius 1 is 1.43 bits per heavy atom. The molecular weight excluding hydrogens is 299 g/mol. The zero-order valence-corrected chi connectivity index (χ0v) is 14.2. The summed E-state index contributed by atoms with van der Waals surface area (Å²) in [4.78, 5) is 11.3. The molecule has 0 aromatic carbocycles. The van der Waals surface area contributed by atoms with E-state index in [4.69, 9.17) is 11.5 Å². The van der Waals surface area contributed by atoms with Crippen LogP contribution in [0.5, 0.6) is 0 Å². The Bertz CT molecular complexity index is 534. The fourth-order valence-corrected chi connectivity index (χ4v) is 1.56. The molecule has 7 nitrogen and oxygen atoms in total. The number of allylic oxidation sites excluding steroid dienone is 4. The fraction of sp³-hybridized carbons (Fsp3) is 0.533. The zero-order chi connectivity index (χ0) is 17.8. The molecule has 5 N–H and O–H groups in total. The average molecular weight is 326 g/mol. The van der Waals surface area contributed by atoms with E-state index in [0.29, 0.717) is 17.8 Å². The predicted molar refractivity (Wildman–Crippen MR) is 89.1 cm³/mol. The van der Waals surface area contributed by atoms with Gasteiger partial charge in [0.25, 0.3) is 5.91 Å². The second-order valence-corrected chi connectivity index (χ2v) is 4.69. The Labute approximate surface area is 136 Å². The van der Waals surface area contributed by atoms with Crippen molar-refractivity contribution in [1.29, 1.82) is 0 Å². The summed E-state index contributed by atoms with van der Waals surface area (Å²) in [5.41, 5.74) is 12.6. The van der Waals surface area contributed by atoms with Crippen LogP contribution >= 0.6 is 0 Å². The second kappa shape index (κ2) is 11.2. The van der Waals surface area contributed by atoms with Crippen LogP contribution in [0.15, 0.2) is 29.7 Å². The summed E-state index contributed by atoms with van der Waals surface area (Å²) in [6, 6.07) is 0. The highest BCUT2D eigenvalue weighted by atomic mass is 19.1. The molecule has 0 radical (unpaired) electrons. The largest absolute Gasteiger partial charge is 0.402 e. The summed E-state index contributed by atoms with van der Waals surface area (Å²) >= 11 is 0. The van der Waals surface area contributed by atoms with Gasteiger partial charge in [0.05, 0.1) is 12.7 Å². The van der Waals surface area contributed by atoms with Crippen LogP contribution in [0, 0.1) is 0 Å². The number of carbonyl (C=O) groups excluding carboxylic acids is 1. The lowest BCUT2D eigenvalue weighted by atomic mass is 10.1. The number of halogens is 1. The standard InChI is InChI=1S/C13H21FN6O.C2H6/c1-9(15)3-5-11(16)6-4-10(14)7-20-8-12(18-19-20)13(21)17-2;1-2/h3,5,8,10H,4,6-7,15-16H2,1-2H3,(H,17,21);1-2H3/b9-3-,11-5-;. The molecule has 0 saturated carbocycles. The third kappa shape index (κ3) is 8.60. The van der Waals surface area contributed by atoms with Crippen molar-refractivity contribution >= 4 is 5.91 Å². The molecule has 1 unspecified atom stereocenters. The summed E-state index contributed by atoms with van der Waals surface area (Å²) in [6.45, 7) is 5.78. The highest BCUT2D eigenvalue weighted by molar-refractivity contribution is 5.91. The maximum atomic E-state index is 13.8. The summed E-state index contributed by atoms with van der Waals surface area (Å²) in [7, 11) is 1.49. The Balaban J connectivity index is 0.00000232. The minimum absolute atomic E-state index is 0.0308. The van der Waals surface area contributed by atoms with E-state index in [-0.39, 0.29) is 24.6 Å². The number of nitrogens with two attached hydrogens (primary N) is 2. The number of hydrogen-bond acceptors (Lipinski definition) is 5. The zero-order valence-electron chi connectivity index (χ0n) is 14.2. The van der Waals surface area contributed by atoms with Crippen molar-refractivity contribution in [3.05, 3.63) is 35.4 Å². The van der Waals surface area contributed by atoms with Gasteiger partial charge in [-0.2, -0.15) is 0 Å². The van der Waals surface area contributed by atoms with Gasteiger partial charge in [-0.15, -0.1) is 5.10 Å². The molecule has 1 heterocycles. The molecule has 0 aliphatic carbocycles. The number of nitrogens with zero attached hydrogens (tertiary/aromatic N) is 3. The van der Waals surface area contributed by atoms with E-state index in [1.54, 1.807) is 19.1 Å². The molecule has 0 aliphatic rings. The number of hydrogen-bond donors (Lipinski definition) is 3. The molecule has 1 aromatic rings. The van der Waals surface area contributed by atoms with Crippen molar-refractivity contribution < 1.29 is 9.18 Å². The molecule has 130 valence electrons. The van der Waals surface area contributed by atoms with Gasteiger partial charge in [-0.1, -0.05) is 19.1 Å². The molecule has 0 saturated heterocycles. The lowest BCUT2D eigenvalue weighted by molar-refractivity contribution is 0.0958. The summed E-state index contributed by atoms with van der Waals surface area (Å²) < 4.78 is 15.1. The molecule has 0 fully saturated rings. The Hall–Kier alpha value is -2.38. The van der Waals surface area contributed by atoms with Gasteiger partial charge in [0.1, 0.15) is 6.17 Å². The minimum Gasteiger partial charge on any atom is -0.402 e. The van der Waals surface area contributed by atoms with Crippen LogP contribution in [0.2, 0.25) is 0 Å². The van der Waals surface area contributed by atoms with Crippen LogP contribution in [0.3, 0.4) is 0 Å². The highest BCUT2D eigenvalue weighted by Gasteiger charge is 2.12. The summed E-state index contributed by atoms with van der Waals surface area (Å²) in [6.07, 6.45) is 4.30. The van der Waals surface area contributed by atoms with Crippen LogP contribution < -0.4 is 16.8 Å². The number of carbonyl (C=O) groups is 1. The molecular formula is C15H27FN6O. The van der Waals surface area contributed by atoms with Crippen molar-refractivity contribution in [2.75, 3.05) is 7.05 Å². The Morgan fingerprint density at radius 2 is 2.09 bits per heavy atom. The van der Waals surface area contributed by atoms with E-state index in [1.807, 2.05) is 13.8 Å². The maximum Gasteiger partial charge on any atom is 0.273 e. The quantitative estimate of drug-likeness (QED) is 0.657. The van der Waals surface area contributed by atoms with Gasteiger partial charge in [-0.3, -0.25) is 4.79 Å². The van der Waals surface area contributed by atoms with Gasteiger partial charge in [-0.05, 0) is 31.9 Å². The lowest BCUT2D eigenvalue weighted by Gasteiger charge is -2.07. The Kier molecular flexibility index (Phi) is 10.1. The SMILES string of the molecule is CC.CNC(=O)c1cn(CC(F)CC/C(N)=C/C=C(/C)N)nn1. The van der Waals surface area contributed by atoms with Gasteiger partial charge in [-0.25, -0.2) is 9.07 Å². The summed E-state index contributed by atoms with van der Waals surface area (Å²) in [5, 5.41) is 9.79. The predicted octanol–water partition coefficient (Wildman–Crippen LogP) is 1.49. The van der Waals surface area contributed by atoms with Crippen molar-refractivity contribution in [2.24, 2.45) is 11.5 Å². The molecule has 1 rings (SSSR count). The topological polar surface area (TPSA) is 112 Å². The third-order valence-electron chi connectivity index (χ3n) is 2.69. The van der Waals surface area contributed by atoms with E-state index in [2.05, 4.69) is 15.6 Å². The minimum atomic E-state index is -1.13. The lowest BCUT2D eigenvalue weighted by Crippen LogP contribution is -2.18. The van der Waals surface area contributed by atoms with Crippen molar-refractivity contribution in [3.8, 4) is 0 Å². The van der Waals surface area contributed by atoms with Gasteiger partial charge in [0, 0.05) is 18.4 Å². The van der Waals surface area contributed by atoms with E-state index >= 15 is 0 Å². The van der Waals surface area contributed by atoms with E-state index in [9.17, 15) is 9.18 Å². The fourth-order valence-electron chi connectivity index (χ4n) is 1.56. The number of aromatic nitrogens is 3. The highest BCUT2D eigenvalue weighted by Crippen LogP contribution is 2.09. The van der Waals surface area contributed by atoms with Crippen molar-refractivity contribution in [2.45, 2.75) is 46.3 Å². The number of nitrogens with one attached hydrogen (secondary N) is 1. The van der Waals surface area contributed by atoms with Crippen LogP contribution in [0.1, 0.15) is 44.1 Å². The monoisotopic (exact) mass is 326 g/mol. The van der Waals surface area contributed by atoms with Crippen molar-refractivity contribution in [1.82, 2.24) is 20.3 Å². The third-order valence-corrected chi connectivity index (χ3v) is 2.69. The molecule has 1 aromatic heterocycles. The van der Waals surface area contributed by atoms with Gasteiger partial charge >= 0.3 is 0 Å². The number of rotatable bonds is 7. The first-order chi connectivity index (χ1) is 10.9. The van der Waals surface area contributed by atoms with E-state index in [0.717, 1.165) is 0 Å². The smallest absolute Gasteiger partial charge is 0.273 e. The normalized spacial score (nSPS) is 13.1. The molecule has 23 heavy (non-hydrogen) atoms. The first-order valence-electron chi connectivity index (χ1n) is 7.57. The second-order valence-electron chi connectivity index (χ2n) is 4.69. The molecule has 1 atom stereocenters. The number of amides is 1. The first kappa shape index (κ1) is 20.6. The molecule has 0 aliphatic heterocycles. The van der Waals surface area contributed by atoms with E-state index < -0.39 is 6.17 Å².